The van der Waals surface area contributed by atoms with Gasteiger partial charge in [0.1, 0.15) is 0 Å². The highest BCUT2D eigenvalue weighted by Crippen LogP contribution is 2.18. The molecule has 4 nitrogen and oxygen atoms in total. The molecule has 136 valence electrons. The second kappa shape index (κ2) is 8.10. The number of fused-ring (bicyclic) bond motifs is 1. The van der Waals surface area contributed by atoms with Crippen molar-refractivity contribution in [1.82, 2.24) is 15.6 Å². The molecule has 0 aliphatic rings. The number of aromatic amines is 1. The molecule has 26 heavy (non-hydrogen) atoms. The molecule has 0 spiro atoms. The van der Waals surface area contributed by atoms with E-state index in [2.05, 4.69) is 15.6 Å². The number of hydrogen-bond acceptors (Lipinski definition) is 2. The van der Waals surface area contributed by atoms with Crippen LogP contribution in [0.15, 0.2) is 48.7 Å². The zero-order valence-electron chi connectivity index (χ0n) is 14.5. The number of amides is 1. The van der Waals surface area contributed by atoms with Gasteiger partial charge in [-0.25, -0.2) is 8.78 Å². The molecule has 2 aromatic carbocycles. The van der Waals surface area contributed by atoms with E-state index in [0.717, 1.165) is 35.0 Å². The molecule has 1 heterocycles. The number of nitrogens with one attached hydrogen (secondary N) is 3. The van der Waals surface area contributed by atoms with Crippen molar-refractivity contribution in [3.05, 3.63) is 71.4 Å². The smallest absolute Gasteiger partial charge is 0.233 e. The van der Waals surface area contributed by atoms with E-state index in [1.807, 2.05) is 30.5 Å². The minimum Gasteiger partial charge on any atom is -0.361 e. The number of para-hydroxylation sites is 1. The lowest BCUT2D eigenvalue weighted by Crippen LogP contribution is -2.36. The number of halogens is 2. The Bertz CT molecular complexity index is 907. The van der Waals surface area contributed by atoms with E-state index in [0.29, 0.717) is 12.1 Å². The maximum atomic E-state index is 13.3. The molecule has 0 saturated carbocycles. The van der Waals surface area contributed by atoms with E-state index in [1.165, 1.54) is 6.07 Å². The van der Waals surface area contributed by atoms with Gasteiger partial charge in [0.05, 0.1) is 6.54 Å². The van der Waals surface area contributed by atoms with Crippen LogP contribution in [0, 0.1) is 11.6 Å². The summed E-state index contributed by atoms with van der Waals surface area (Å²) in [4.78, 5) is 15.2. The Morgan fingerprint density at radius 2 is 1.96 bits per heavy atom. The highest BCUT2D eigenvalue weighted by Gasteiger charge is 2.11. The normalized spacial score (nSPS) is 12.3. The van der Waals surface area contributed by atoms with Crippen LogP contribution in [-0.4, -0.2) is 24.0 Å². The minimum absolute atomic E-state index is 0.105. The van der Waals surface area contributed by atoms with Gasteiger partial charge in [0, 0.05) is 29.7 Å². The average molecular weight is 357 g/mol. The quantitative estimate of drug-likeness (QED) is 0.607. The van der Waals surface area contributed by atoms with Gasteiger partial charge in [-0.1, -0.05) is 24.3 Å². The molecule has 3 aromatic rings. The summed E-state index contributed by atoms with van der Waals surface area (Å²) in [6, 6.07) is 11.5. The fourth-order valence-corrected chi connectivity index (χ4v) is 2.88. The maximum absolute atomic E-state index is 13.3. The average Bonchev–Trinajstić information content (AvgIpc) is 3.05. The minimum atomic E-state index is -0.890. The first-order valence-corrected chi connectivity index (χ1v) is 8.54. The number of rotatable bonds is 7. The molecule has 0 bridgehead atoms. The molecule has 0 aliphatic heterocycles. The summed E-state index contributed by atoms with van der Waals surface area (Å²) in [6.07, 6.45) is 2.69. The first-order chi connectivity index (χ1) is 12.5. The molecule has 0 unspecified atom stereocenters. The topological polar surface area (TPSA) is 56.9 Å². The predicted octanol–water partition coefficient (Wildman–Crippen LogP) is 3.46. The van der Waals surface area contributed by atoms with E-state index in [-0.39, 0.29) is 18.5 Å². The summed E-state index contributed by atoms with van der Waals surface area (Å²) >= 11 is 0. The van der Waals surface area contributed by atoms with Gasteiger partial charge in [0.25, 0.3) is 0 Å². The second-order valence-corrected chi connectivity index (χ2v) is 6.24. The first-order valence-electron chi connectivity index (χ1n) is 8.54. The Morgan fingerprint density at radius 3 is 2.77 bits per heavy atom. The summed E-state index contributed by atoms with van der Waals surface area (Å²) < 4.78 is 26.2. The van der Waals surface area contributed by atoms with Crippen molar-refractivity contribution in [2.45, 2.75) is 19.4 Å². The summed E-state index contributed by atoms with van der Waals surface area (Å²) in [5.41, 5.74) is 2.83. The number of aromatic nitrogens is 1. The van der Waals surface area contributed by atoms with E-state index in [4.69, 9.17) is 0 Å². The summed E-state index contributed by atoms with van der Waals surface area (Å²) in [6.45, 7) is 2.43. The van der Waals surface area contributed by atoms with Crippen molar-refractivity contribution in [2.75, 3.05) is 13.1 Å². The van der Waals surface area contributed by atoms with Crippen molar-refractivity contribution in [1.29, 1.82) is 0 Å². The van der Waals surface area contributed by atoms with E-state index in [9.17, 15) is 13.6 Å². The highest BCUT2D eigenvalue weighted by molar-refractivity contribution is 5.83. The van der Waals surface area contributed by atoms with Gasteiger partial charge in [-0.2, -0.15) is 0 Å². The summed E-state index contributed by atoms with van der Waals surface area (Å²) in [7, 11) is 0. The van der Waals surface area contributed by atoms with Crippen molar-refractivity contribution < 1.29 is 13.6 Å². The zero-order valence-corrected chi connectivity index (χ0v) is 14.5. The van der Waals surface area contributed by atoms with Gasteiger partial charge in [-0.3, -0.25) is 4.79 Å². The SMILES string of the molecule is C[C@@H](NCC(=O)NCCc1c[nH]c2ccccc12)c1ccc(F)c(F)c1. The molecule has 0 aliphatic carbocycles. The molecule has 1 amide bonds. The van der Waals surface area contributed by atoms with Crippen LogP contribution in [0.3, 0.4) is 0 Å². The Balaban J connectivity index is 1.44. The zero-order chi connectivity index (χ0) is 18.5. The van der Waals surface area contributed by atoms with E-state index < -0.39 is 11.6 Å². The largest absolute Gasteiger partial charge is 0.361 e. The third-order valence-corrected chi connectivity index (χ3v) is 4.40. The molecule has 0 radical (unpaired) electrons. The predicted molar refractivity (Wildman–Crippen MR) is 97.8 cm³/mol. The monoisotopic (exact) mass is 357 g/mol. The van der Waals surface area contributed by atoms with Gasteiger partial charge in [0.2, 0.25) is 5.91 Å². The molecule has 3 N–H and O–H groups in total. The Labute approximate surface area is 150 Å². The molecular weight excluding hydrogens is 336 g/mol. The lowest BCUT2D eigenvalue weighted by atomic mass is 10.1. The number of H-pyrrole nitrogens is 1. The number of hydrogen-bond donors (Lipinski definition) is 3. The molecular formula is C20H21F2N3O. The molecule has 0 saturated heterocycles. The molecule has 0 fully saturated rings. The van der Waals surface area contributed by atoms with Gasteiger partial charge in [0.15, 0.2) is 11.6 Å². The van der Waals surface area contributed by atoms with Crippen LogP contribution in [0.2, 0.25) is 0 Å². The lowest BCUT2D eigenvalue weighted by molar-refractivity contribution is -0.120. The lowest BCUT2D eigenvalue weighted by Gasteiger charge is -2.14. The van der Waals surface area contributed by atoms with Crippen LogP contribution >= 0.6 is 0 Å². The number of benzene rings is 2. The van der Waals surface area contributed by atoms with Crippen molar-refractivity contribution in [3.8, 4) is 0 Å². The van der Waals surface area contributed by atoms with Crippen LogP contribution < -0.4 is 10.6 Å². The number of carbonyl (C=O) groups is 1. The van der Waals surface area contributed by atoms with E-state index >= 15 is 0 Å². The molecule has 3 rings (SSSR count). The third-order valence-electron chi connectivity index (χ3n) is 4.40. The second-order valence-electron chi connectivity index (χ2n) is 6.24. The van der Waals surface area contributed by atoms with Gasteiger partial charge >= 0.3 is 0 Å². The Morgan fingerprint density at radius 1 is 1.15 bits per heavy atom. The van der Waals surface area contributed by atoms with Crippen LogP contribution in [-0.2, 0) is 11.2 Å². The van der Waals surface area contributed by atoms with Gasteiger partial charge in [-0.15, -0.1) is 0 Å². The molecule has 1 aromatic heterocycles. The number of carbonyl (C=O) groups excluding carboxylic acids is 1. The fraction of sp³-hybridized carbons (Fsp3) is 0.250. The standard InChI is InChI=1S/C20H21F2N3O/c1-13(14-6-7-17(21)18(22)10-14)24-12-20(26)23-9-8-15-11-25-19-5-3-2-4-16(15)19/h2-7,10-11,13,24-25H,8-9,12H2,1H3,(H,23,26)/t13-/m1/s1. The summed E-state index contributed by atoms with van der Waals surface area (Å²) in [5.74, 6) is -1.91. The van der Waals surface area contributed by atoms with Crippen molar-refractivity contribution >= 4 is 16.8 Å². The molecule has 6 heteroatoms. The molecule has 1 atom stereocenters. The van der Waals surface area contributed by atoms with Crippen molar-refractivity contribution in [2.24, 2.45) is 0 Å². The van der Waals surface area contributed by atoms with Crippen LogP contribution in [0.4, 0.5) is 8.78 Å². The van der Waals surface area contributed by atoms with Crippen LogP contribution in [0.25, 0.3) is 10.9 Å². The Hall–Kier alpha value is -2.73. The van der Waals surface area contributed by atoms with Crippen LogP contribution in [0.1, 0.15) is 24.1 Å². The maximum Gasteiger partial charge on any atom is 0.233 e. The van der Waals surface area contributed by atoms with Crippen molar-refractivity contribution in [3.63, 3.8) is 0 Å². The fourth-order valence-electron chi connectivity index (χ4n) is 2.88. The van der Waals surface area contributed by atoms with Gasteiger partial charge in [-0.05, 0) is 42.7 Å². The highest BCUT2D eigenvalue weighted by atomic mass is 19.2. The van der Waals surface area contributed by atoms with Gasteiger partial charge < -0.3 is 15.6 Å². The summed E-state index contributed by atoms with van der Waals surface area (Å²) in [5, 5.41) is 7.03. The first kappa shape index (κ1) is 18.1. The van der Waals surface area contributed by atoms with E-state index in [1.54, 1.807) is 6.92 Å². The third kappa shape index (κ3) is 4.26. The Kier molecular flexibility index (Phi) is 5.63. The van der Waals surface area contributed by atoms with Crippen LogP contribution in [0.5, 0.6) is 0 Å².